The van der Waals surface area contributed by atoms with Gasteiger partial charge in [-0.15, -0.1) is 0 Å². The minimum absolute atomic E-state index is 0.392. The van der Waals surface area contributed by atoms with Gasteiger partial charge < -0.3 is 14.9 Å². The first-order chi connectivity index (χ1) is 9.58. The molecule has 108 valence electrons. The van der Waals surface area contributed by atoms with Crippen molar-refractivity contribution in [2.75, 3.05) is 34.2 Å². The summed E-state index contributed by atoms with van der Waals surface area (Å²) in [5.41, 5.74) is 1.02. The molecule has 0 bridgehead atoms. The van der Waals surface area contributed by atoms with Crippen molar-refractivity contribution in [3.8, 4) is 5.75 Å². The zero-order valence-electron chi connectivity index (χ0n) is 12.6. The highest BCUT2D eigenvalue weighted by Crippen LogP contribution is 2.28. The first-order valence-corrected chi connectivity index (χ1v) is 7.11. The van der Waals surface area contributed by atoms with Crippen LogP contribution >= 0.6 is 0 Å². The number of phenolic OH excluding ortho intramolecular Hbond substituents is 1. The van der Waals surface area contributed by atoms with Crippen molar-refractivity contribution in [3.05, 3.63) is 42.0 Å². The van der Waals surface area contributed by atoms with Crippen molar-refractivity contribution in [1.82, 2.24) is 9.80 Å². The second-order valence-electron chi connectivity index (χ2n) is 5.68. The van der Waals surface area contributed by atoms with E-state index < -0.39 is 0 Å². The maximum Gasteiger partial charge on any atom is 0.120 e. The van der Waals surface area contributed by atoms with Crippen LogP contribution < -0.4 is 0 Å². The predicted molar refractivity (Wildman–Crippen MR) is 85.1 cm³/mol. The first kappa shape index (κ1) is 14.8. The molecule has 2 aromatic carbocycles. The summed E-state index contributed by atoms with van der Waals surface area (Å²) in [5, 5.41) is 12.5. The number of fused-ring (bicyclic) bond motifs is 1. The Balaban J connectivity index is 2.10. The lowest BCUT2D eigenvalue weighted by Gasteiger charge is -2.20. The van der Waals surface area contributed by atoms with Crippen LogP contribution in [0.15, 0.2) is 36.4 Å². The molecule has 0 saturated heterocycles. The molecular weight excluding hydrogens is 248 g/mol. The van der Waals surface area contributed by atoms with Crippen molar-refractivity contribution < 1.29 is 5.11 Å². The highest BCUT2D eigenvalue weighted by molar-refractivity contribution is 5.87. The molecule has 0 amide bonds. The van der Waals surface area contributed by atoms with Crippen LogP contribution in [0.5, 0.6) is 5.75 Å². The van der Waals surface area contributed by atoms with Gasteiger partial charge in [0.15, 0.2) is 0 Å². The SMILES string of the molecule is CN(C)CCCN(C)Cc1c(O)ccc2ccccc12. The van der Waals surface area contributed by atoms with Crippen molar-refractivity contribution in [2.45, 2.75) is 13.0 Å². The van der Waals surface area contributed by atoms with Gasteiger partial charge in [-0.25, -0.2) is 0 Å². The number of rotatable bonds is 6. The summed E-state index contributed by atoms with van der Waals surface area (Å²) in [4.78, 5) is 4.47. The van der Waals surface area contributed by atoms with E-state index in [-0.39, 0.29) is 0 Å². The van der Waals surface area contributed by atoms with Gasteiger partial charge in [0, 0.05) is 12.1 Å². The third-order valence-corrected chi connectivity index (χ3v) is 3.59. The van der Waals surface area contributed by atoms with E-state index >= 15 is 0 Å². The van der Waals surface area contributed by atoms with Gasteiger partial charge in [0.2, 0.25) is 0 Å². The van der Waals surface area contributed by atoms with Crippen LogP contribution in [0.25, 0.3) is 10.8 Å². The lowest BCUT2D eigenvalue weighted by molar-refractivity contribution is 0.292. The van der Waals surface area contributed by atoms with Crippen LogP contribution in [0.1, 0.15) is 12.0 Å². The highest BCUT2D eigenvalue weighted by atomic mass is 16.3. The Bertz CT molecular complexity index is 566. The largest absolute Gasteiger partial charge is 0.508 e. The number of nitrogens with zero attached hydrogens (tertiary/aromatic N) is 2. The molecule has 0 atom stereocenters. The third-order valence-electron chi connectivity index (χ3n) is 3.59. The number of hydrogen-bond acceptors (Lipinski definition) is 3. The summed E-state index contributed by atoms with van der Waals surface area (Å²) in [6.45, 7) is 2.90. The zero-order chi connectivity index (χ0) is 14.5. The molecule has 0 aliphatic heterocycles. The van der Waals surface area contributed by atoms with E-state index in [0.29, 0.717) is 5.75 Å². The maximum atomic E-state index is 10.1. The Labute approximate surface area is 121 Å². The Morgan fingerprint density at radius 1 is 0.950 bits per heavy atom. The topological polar surface area (TPSA) is 26.7 Å². The summed E-state index contributed by atoms with van der Waals surface area (Å²) in [7, 11) is 6.30. The smallest absolute Gasteiger partial charge is 0.120 e. The van der Waals surface area contributed by atoms with Gasteiger partial charge in [0.1, 0.15) is 5.75 Å². The molecule has 2 rings (SSSR count). The van der Waals surface area contributed by atoms with Crippen LogP contribution in [0.2, 0.25) is 0 Å². The summed E-state index contributed by atoms with van der Waals surface area (Å²) in [6.07, 6.45) is 1.13. The average molecular weight is 272 g/mol. The minimum Gasteiger partial charge on any atom is -0.508 e. The van der Waals surface area contributed by atoms with Crippen molar-refractivity contribution >= 4 is 10.8 Å². The molecule has 2 aromatic rings. The molecule has 0 fully saturated rings. The quantitative estimate of drug-likeness (QED) is 0.876. The lowest BCUT2D eigenvalue weighted by atomic mass is 10.0. The van der Waals surface area contributed by atoms with Gasteiger partial charge in [-0.3, -0.25) is 0 Å². The van der Waals surface area contributed by atoms with E-state index in [1.54, 1.807) is 6.07 Å². The van der Waals surface area contributed by atoms with Gasteiger partial charge in [-0.2, -0.15) is 0 Å². The number of aromatic hydroxyl groups is 1. The van der Waals surface area contributed by atoms with E-state index in [0.717, 1.165) is 37.0 Å². The molecule has 3 nitrogen and oxygen atoms in total. The van der Waals surface area contributed by atoms with Crippen molar-refractivity contribution in [2.24, 2.45) is 0 Å². The molecule has 0 aliphatic rings. The van der Waals surface area contributed by atoms with Crippen molar-refractivity contribution in [1.29, 1.82) is 0 Å². The number of benzene rings is 2. The number of hydrogen-bond donors (Lipinski definition) is 1. The molecule has 0 aromatic heterocycles. The monoisotopic (exact) mass is 272 g/mol. The Morgan fingerprint density at radius 3 is 2.45 bits per heavy atom. The van der Waals surface area contributed by atoms with Gasteiger partial charge in [0.25, 0.3) is 0 Å². The van der Waals surface area contributed by atoms with Crippen LogP contribution in [0.3, 0.4) is 0 Å². The van der Waals surface area contributed by atoms with Gasteiger partial charge >= 0.3 is 0 Å². The van der Waals surface area contributed by atoms with E-state index in [1.165, 1.54) is 5.39 Å². The zero-order valence-corrected chi connectivity index (χ0v) is 12.6. The van der Waals surface area contributed by atoms with Crippen molar-refractivity contribution in [3.63, 3.8) is 0 Å². The summed E-state index contributed by atoms with van der Waals surface area (Å²) in [5.74, 6) is 0.392. The van der Waals surface area contributed by atoms with Crippen LogP contribution in [-0.2, 0) is 6.54 Å². The summed E-state index contributed by atoms with van der Waals surface area (Å²) in [6, 6.07) is 12.0. The Kier molecular flexibility index (Phi) is 4.99. The third kappa shape index (κ3) is 3.71. The fraction of sp³-hybridized carbons (Fsp3) is 0.412. The normalized spacial score (nSPS) is 11.7. The van der Waals surface area contributed by atoms with Gasteiger partial charge in [-0.05, 0) is 57.5 Å². The standard InChI is InChI=1S/C17H24N2O/c1-18(2)11-6-12-19(3)13-16-15-8-5-4-7-14(15)9-10-17(16)20/h4-5,7-10,20H,6,11-13H2,1-3H3. The fourth-order valence-corrected chi connectivity index (χ4v) is 2.50. The summed E-state index contributed by atoms with van der Waals surface area (Å²) >= 11 is 0. The van der Waals surface area contributed by atoms with Gasteiger partial charge in [0.05, 0.1) is 0 Å². The molecule has 0 aliphatic carbocycles. The molecule has 0 spiro atoms. The second kappa shape index (κ2) is 6.73. The minimum atomic E-state index is 0.392. The van der Waals surface area contributed by atoms with E-state index in [9.17, 15) is 5.11 Å². The molecule has 20 heavy (non-hydrogen) atoms. The molecule has 0 unspecified atom stereocenters. The summed E-state index contributed by atoms with van der Waals surface area (Å²) < 4.78 is 0. The average Bonchev–Trinajstić information content (AvgIpc) is 2.41. The van der Waals surface area contributed by atoms with E-state index in [4.69, 9.17) is 0 Å². The van der Waals surface area contributed by atoms with E-state index in [2.05, 4.69) is 43.1 Å². The molecule has 1 N–H and O–H groups in total. The van der Waals surface area contributed by atoms with Gasteiger partial charge in [-0.1, -0.05) is 30.3 Å². The molecule has 0 heterocycles. The first-order valence-electron chi connectivity index (χ1n) is 7.11. The van der Waals surface area contributed by atoms with E-state index in [1.807, 2.05) is 18.2 Å². The maximum absolute atomic E-state index is 10.1. The van der Waals surface area contributed by atoms with Crippen LogP contribution in [0, 0.1) is 0 Å². The molecule has 3 heteroatoms. The predicted octanol–water partition coefficient (Wildman–Crippen LogP) is 2.93. The second-order valence-corrected chi connectivity index (χ2v) is 5.68. The van der Waals surface area contributed by atoms with Crippen LogP contribution in [0.4, 0.5) is 0 Å². The Morgan fingerprint density at radius 2 is 1.70 bits per heavy atom. The lowest BCUT2D eigenvalue weighted by Crippen LogP contribution is -2.23. The fourth-order valence-electron chi connectivity index (χ4n) is 2.50. The molecule has 0 radical (unpaired) electrons. The highest BCUT2D eigenvalue weighted by Gasteiger charge is 2.09. The van der Waals surface area contributed by atoms with Crippen LogP contribution in [-0.4, -0.2) is 49.1 Å². The molecular formula is C17H24N2O. The number of phenols is 1. The Hall–Kier alpha value is -1.58. The molecule has 0 saturated carbocycles.